The number of nitrogens with zero attached hydrogens (tertiary/aromatic N) is 1. The van der Waals surface area contributed by atoms with Gasteiger partial charge in [0, 0.05) is 17.9 Å². The number of ether oxygens (including phenoxy) is 1. The Kier molecular flexibility index (Phi) is 8.26. The molecule has 4 aromatic carbocycles. The Bertz CT molecular complexity index is 1500. The quantitative estimate of drug-likeness (QED) is 0.226. The maximum Gasteiger partial charge on any atom is 0.308 e. The van der Waals surface area contributed by atoms with Crippen LogP contribution >= 0.6 is 0 Å². The maximum absolute atomic E-state index is 12.6. The van der Waals surface area contributed by atoms with Gasteiger partial charge < -0.3 is 9.84 Å². The lowest BCUT2D eigenvalue weighted by Gasteiger charge is -2.59. The van der Waals surface area contributed by atoms with E-state index in [1.807, 2.05) is 0 Å². The van der Waals surface area contributed by atoms with Gasteiger partial charge in [-0.1, -0.05) is 119 Å². The van der Waals surface area contributed by atoms with Crippen molar-refractivity contribution in [3.05, 3.63) is 142 Å². The highest BCUT2D eigenvalue weighted by Gasteiger charge is 2.58. The first-order valence-electron chi connectivity index (χ1n) is 15.6. The predicted octanol–water partition coefficient (Wildman–Crippen LogP) is 7.44. The van der Waals surface area contributed by atoms with Gasteiger partial charge in [-0.3, -0.25) is 9.69 Å². The number of carboxylic acids is 1. The minimum atomic E-state index is -0.715. The first kappa shape index (κ1) is 29.3. The molecule has 3 aliphatic rings. The Morgan fingerprint density at radius 3 is 1.81 bits per heavy atom. The standard InChI is InChI=1S/C39H43NO3/c1-26-17-27(2)20-30(19-26)23-39(32-11-7-5-8-12-32,33-13-9-6-10-14-33)37-36(34-15-16-40(37)24-35(34)38(41)42)43-25-31-21-28(3)18-29(4)22-31/h5-14,17-22,34-37H,15-16,23-25H2,1-4H3,(H,41,42)/t34-,35-,36+,37-/m1/s1. The van der Waals surface area contributed by atoms with Crippen LogP contribution in [-0.2, 0) is 28.0 Å². The molecular formula is C39H43NO3. The minimum Gasteiger partial charge on any atom is -0.481 e. The molecule has 0 radical (unpaired) electrons. The highest BCUT2D eigenvalue weighted by Crippen LogP contribution is 2.50. The van der Waals surface area contributed by atoms with E-state index in [4.69, 9.17) is 4.74 Å². The minimum absolute atomic E-state index is 0.0432. The summed E-state index contributed by atoms with van der Waals surface area (Å²) >= 11 is 0. The monoisotopic (exact) mass is 573 g/mol. The molecule has 3 fully saturated rings. The van der Waals surface area contributed by atoms with Gasteiger partial charge in [-0.15, -0.1) is 0 Å². The topological polar surface area (TPSA) is 49.8 Å². The van der Waals surface area contributed by atoms with E-state index in [0.717, 1.165) is 24.9 Å². The Balaban J connectivity index is 1.54. The van der Waals surface area contributed by atoms with Crippen molar-refractivity contribution >= 4 is 5.97 Å². The molecule has 3 saturated heterocycles. The first-order valence-corrected chi connectivity index (χ1v) is 15.6. The van der Waals surface area contributed by atoms with Gasteiger partial charge in [0.15, 0.2) is 0 Å². The molecule has 0 aromatic heterocycles. The summed E-state index contributed by atoms with van der Waals surface area (Å²) in [6, 6.07) is 35.1. The molecule has 1 N–H and O–H groups in total. The van der Waals surface area contributed by atoms with Crippen LogP contribution in [-0.4, -0.2) is 41.2 Å². The van der Waals surface area contributed by atoms with Gasteiger partial charge >= 0.3 is 5.97 Å². The number of piperidine rings is 3. The van der Waals surface area contributed by atoms with Gasteiger partial charge in [-0.05, 0) is 69.3 Å². The first-order chi connectivity index (χ1) is 20.7. The van der Waals surface area contributed by atoms with Crippen molar-refractivity contribution in [3.63, 3.8) is 0 Å². The van der Waals surface area contributed by atoms with Gasteiger partial charge in [-0.25, -0.2) is 0 Å². The highest BCUT2D eigenvalue weighted by molar-refractivity contribution is 5.71. The smallest absolute Gasteiger partial charge is 0.308 e. The molecule has 3 aliphatic heterocycles. The molecule has 1 unspecified atom stereocenters. The molecule has 4 aromatic rings. The van der Waals surface area contributed by atoms with Gasteiger partial charge in [0.05, 0.1) is 24.7 Å². The van der Waals surface area contributed by atoms with Gasteiger partial charge in [0.25, 0.3) is 0 Å². The third kappa shape index (κ3) is 5.79. The second kappa shape index (κ2) is 12.1. The van der Waals surface area contributed by atoms with Crippen molar-refractivity contribution in [1.29, 1.82) is 0 Å². The van der Waals surface area contributed by atoms with Crippen LogP contribution in [0.15, 0.2) is 97.1 Å². The van der Waals surface area contributed by atoms with E-state index in [2.05, 4.69) is 130 Å². The fraction of sp³-hybridized carbons (Fsp3) is 0.359. The second-order valence-electron chi connectivity index (χ2n) is 13.0. The molecule has 0 spiro atoms. The fourth-order valence-corrected chi connectivity index (χ4v) is 8.28. The number of fused-ring (bicyclic) bond motifs is 3. The summed E-state index contributed by atoms with van der Waals surface area (Å²) in [4.78, 5) is 15.1. The summed E-state index contributed by atoms with van der Waals surface area (Å²) in [6.07, 6.45) is 1.36. The Labute approximate surface area is 256 Å². The van der Waals surface area contributed by atoms with Crippen molar-refractivity contribution in [2.75, 3.05) is 13.1 Å². The van der Waals surface area contributed by atoms with Crippen LogP contribution in [0.1, 0.15) is 50.9 Å². The normalized spacial score (nSPS) is 23.3. The van der Waals surface area contributed by atoms with Gasteiger partial charge in [0.2, 0.25) is 0 Å². The number of benzene rings is 4. The Morgan fingerprint density at radius 1 is 0.791 bits per heavy atom. The fourth-order valence-electron chi connectivity index (χ4n) is 8.28. The molecule has 2 bridgehead atoms. The number of carbonyl (C=O) groups is 1. The molecule has 0 saturated carbocycles. The van der Waals surface area contributed by atoms with Crippen LogP contribution in [0, 0.1) is 39.5 Å². The zero-order valence-electron chi connectivity index (χ0n) is 25.8. The molecule has 0 aliphatic carbocycles. The van der Waals surface area contributed by atoms with Crippen molar-refractivity contribution in [1.82, 2.24) is 4.90 Å². The molecular weight excluding hydrogens is 530 g/mol. The lowest BCUT2D eigenvalue weighted by Crippen LogP contribution is -2.70. The summed E-state index contributed by atoms with van der Waals surface area (Å²) in [5, 5.41) is 10.4. The lowest BCUT2D eigenvalue weighted by molar-refractivity contribution is -0.178. The van der Waals surface area contributed by atoms with Gasteiger partial charge in [0.1, 0.15) is 0 Å². The van der Waals surface area contributed by atoms with Gasteiger partial charge in [-0.2, -0.15) is 0 Å². The summed E-state index contributed by atoms with van der Waals surface area (Å²) in [7, 11) is 0. The van der Waals surface area contributed by atoms with Crippen LogP contribution in [0.4, 0.5) is 0 Å². The van der Waals surface area contributed by atoms with E-state index in [1.54, 1.807) is 0 Å². The molecule has 4 heteroatoms. The number of carboxylic acid groups (broad SMARTS) is 1. The number of rotatable bonds is 9. The van der Waals surface area contributed by atoms with Crippen molar-refractivity contribution < 1.29 is 14.6 Å². The van der Waals surface area contributed by atoms with Crippen LogP contribution < -0.4 is 0 Å². The number of hydrogen-bond donors (Lipinski definition) is 1. The van der Waals surface area contributed by atoms with E-state index in [0.29, 0.717) is 13.2 Å². The Morgan fingerprint density at radius 2 is 1.30 bits per heavy atom. The van der Waals surface area contributed by atoms with Crippen LogP contribution in [0.5, 0.6) is 0 Å². The lowest BCUT2D eigenvalue weighted by atomic mass is 9.58. The summed E-state index contributed by atoms with van der Waals surface area (Å²) in [5.74, 6) is -1.23. The summed E-state index contributed by atoms with van der Waals surface area (Å²) in [5.41, 5.74) is 9.38. The number of hydrogen-bond acceptors (Lipinski definition) is 3. The van der Waals surface area contributed by atoms with Crippen molar-refractivity contribution in [2.24, 2.45) is 11.8 Å². The molecule has 5 atom stereocenters. The number of aliphatic carboxylic acids is 1. The average Bonchev–Trinajstić information content (AvgIpc) is 2.99. The van der Waals surface area contributed by atoms with E-state index >= 15 is 0 Å². The van der Waals surface area contributed by atoms with E-state index in [1.165, 1.54) is 38.9 Å². The summed E-state index contributed by atoms with van der Waals surface area (Å²) < 4.78 is 7.04. The van der Waals surface area contributed by atoms with E-state index < -0.39 is 17.3 Å². The maximum atomic E-state index is 12.6. The number of aryl methyl sites for hydroxylation is 4. The van der Waals surface area contributed by atoms with E-state index in [-0.39, 0.29) is 18.1 Å². The molecule has 222 valence electrons. The van der Waals surface area contributed by atoms with Crippen LogP contribution in [0.25, 0.3) is 0 Å². The second-order valence-corrected chi connectivity index (χ2v) is 13.0. The third-order valence-corrected chi connectivity index (χ3v) is 9.71. The summed E-state index contributed by atoms with van der Waals surface area (Å²) in [6.45, 7) is 10.5. The Hall–Kier alpha value is -3.73. The van der Waals surface area contributed by atoms with Crippen molar-refractivity contribution in [2.45, 2.75) is 64.7 Å². The molecule has 3 heterocycles. The SMILES string of the molecule is Cc1cc(C)cc(CO[C@H]2[C@@H]3CCN(C[C@H]3C(=O)O)[C@H]2C(Cc2cc(C)cc(C)c2)(c2ccccc2)c2ccccc2)c1. The molecule has 43 heavy (non-hydrogen) atoms. The van der Waals surface area contributed by atoms with Crippen LogP contribution in [0.2, 0.25) is 0 Å². The third-order valence-electron chi connectivity index (χ3n) is 9.71. The van der Waals surface area contributed by atoms with E-state index in [9.17, 15) is 9.90 Å². The molecule has 7 rings (SSSR count). The highest BCUT2D eigenvalue weighted by atomic mass is 16.5. The zero-order valence-corrected chi connectivity index (χ0v) is 25.8. The zero-order chi connectivity index (χ0) is 30.1. The molecule has 4 nitrogen and oxygen atoms in total. The predicted molar refractivity (Wildman–Crippen MR) is 172 cm³/mol. The van der Waals surface area contributed by atoms with Crippen LogP contribution in [0.3, 0.4) is 0 Å². The van der Waals surface area contributed by atoms with Crippen molar-refractivity contribution in [3.8, 4) is 0 Å². The largest absolute Gasteiger partial charge is 0.481 e. The molecule has 0 amide bonds. The average molecular weight is 574 g/mol.